The molecule has 0 spiro atoms. The Labute approximate surface area is 120 Å². The predicted octanol–water partition coefficient (Wildman–Crippen LogP) is 3.48. The molecule has 1 aliphatic rings. The van der Waals surface area contributed by atoms with Crippen LogP contribution in [0.5, 0.6) is 0 Å². The standard InChI is InChI=1S/C16H24F2N2/c1-3-16(4-2)8-9-20(11-16)14(10-19)12-6-5-7-13(17)15(12)18/h5-7,14H,3-4,8-11,19H2,1-2H3. The van der Waals surface area contributed by atoms with Crippen LogP contribution in [0.2, 0.25) is 0 Å². The second kappa shape index (κ2) is 6.19. The van der Waals surface area contributed by atoms with Crippen LogP contribution >= 0.6 is 0 Å². The molecule has 1 unspecified atom stereocenters. The first-order chi connectivity index (χ1) is 9.56. The number of rotatable bonds is 5. The van der Waals surface area contributed by atoms with Crippen molar-refractivity contribution in [2.75, 3.05) is 19.6 Å². The van der Waals surface area contributed by atoms with Gasteiger partial charge >= 0.3 is 0 Å². The molecule has 1 aromatic rings. The molecular formula is C16H24F2N2. The quantitative estimate of drug-likeness (QED) is 0.896. The van der Waals surface area contributed by atoms with Crippen LogP contribution in [-0.2, 0) is 0 Å². The van der Waals surface area contributed by atoms with E-state index in [1.54, 1.807) is 12.1 Å². The van der Waals surface area contributed by atoms with Crippen LogP contribution < -0.4 is 5.73 Å². The Bertz CT molecular complexity index is 458. The number of likely N-dealkylation sites (tertiary alicyclic amines) is 1. The maximum Gasteiger partial charge on any atom is 0.163 e. The van der Waals surface area contributed by atoms with Crippen molar-refractivity contribution in [1.82, 2.24) is 4.90 Å². The Morgan fingerprint density at radius 1 is 1.30 bits per heavy atom. The van der Waals surface area contributed by atoms with Crippen LogP contribution in [-0.4, -0.2) is 24.5 Å². The summed E-state index contributed by atoms with van der Waals surface area (Å²) in [6, 6.07) is 4.12. The van der Waals surface area contributed by atoms with Crippen LogP contribution in [0.1, 0.15) is 44.7 Å². The van der Waals surface area contributed by atoms with Gasteiger partial charge in [0.2, 0.25) is 0 Å². The molecule has 20 heavy (non-hydrogen) atoms. The van der Waals surface area contributed by atoms with Gasteiger partial charge in [-0.3, -0.25) is 4.90 Å². The lowest BCUT2D eigenvalue weighted by Crippen LogP contribution is -2.34. The molecule has 1 saturated heterocycles. The smallest absolute Gasteiger partial charge is 0.163 e. The minimum atomic E-state index is -0.794. The number of nitrogens with two attached hydrogens (primary N) is 1. The van der Waals surface area contributed by atoms with E-state index in [-0.39, 0.29) is 6.04 Å². The number of nitrogens with zero attached hydrogens (tertiary/aromatic N) is 1. The summed E-state index contributed by atoms with van der Waals surface area (Å²) in [4.78, 5) is 2.21. The second-order valence-corrected chi connectivity index (χ2v) is 5.82. The van der Waals surface area contributed by atoms with E-state index in [0.29, 0.717) is 17.5 Å². The first-order valence-corrected chi connectivity index (χ1v) is 7.45. The molecule has 0 aromatic heterocycles. The molecule has 4 heteroatoms. The number of hydrogen-bond donors (Lipinski definition) is 1. The first kappa shape index (κ1) is 15.4. The van der Waals surface area contributed by atoms with Crippen LogP contribution in [0.4, 0.5) is 8.78 Å². The lowest BCUT2D eigenvalue weighted by atomic mass is 9.82. The Kier molecular flexibility index (Phi) is 4.76. The van der Waals surface area contributed by atoms with Crippen molar-refractivity contribution in [3.8, 4) is 0 Å². The lowest BCUT2D eigenvalue weighted by Gasteiger charge is -2.31. The molecule has 1 aliphatic heterocycles. The average molecular weight is 282 g/mol. The zero-order chi connectivity index (χ0) is 14.8. The molecule has 0 saturated carbocycles. The van der Waals surface area contributed by atoms with Crippen molar-refractivity contribution < 1.29 is 8.78 Å². The third-order valence-corrected chi connectivity index (χ3v) is 4.97. The SMILES string of the molecule is CCC1(CC)CCN(C(CN)c2cccc(F)c2F)C1. The summed E-state index contributed by atoms with van der Waals surface area (Å²) in [6.07, 6.45) is 3.33. The fourth-order valence-electron chi connectivity index (χ4n) is 3.31. The average Bonchev–Trinajstić information content (AvgIpc) is 2.89. The van der Waals surface area contributed by atoms with Gasteiger partial charge in [-0.1, -0.05) is 26.0 Å². The summed E-state index contributed by atoms with van der Waals surface area (Å²) < 4.78 is 27.4. The Balaban J connectivity index is 2.24. The third-order valence-electron chi connectivity index (χ3n) is 4.97. The molecule has 0 bridgehead atoms. The Morgan fingerprint density at radius 3 is 2.55 bits per heavy atom. The van der Waals surface area contributed by atoms with E-state index >= 15 is 0 Å². The Morgan fingerprint density at radius 2 is 2.00 bits per heavy atom. The molecule has 0 aliphatic carbocycles. The largest absolute Gasteiger partial charge is 0.329 e. The molecule has 2 N–H and O–H groups in total. The first-order valence-electron chi connectivity index (χ1n) is 7.45. The summed E-state index contributed by atoms with van der Waals surface area (Å²) in [5.41, 5.74) is 6.53. The van der Waals surface area contributed by atoms with Crippen molar-refractivity contribution in [2.24, 2.45) is 11.1 Å². The second-order valence-electron chi connectivity index (χ2n) is 5.82. The highest BCUT2D eigenvalue weighted by atomic mass is 19.2. The van der Waals surface area contributed by atoms with Gasteiger partial charge in [0.1, 0.15) is 0 Å². The zero-order valence-electron chi connectivity index (χ0n) is 12.3. The maximum atomic E-state index is 14.0. The van der Waals surface area contributed by atoms with Crippen molar-refractivity contribution in [1.29, 1.82) is 0 Å². The predicted molar refractivity (Wildman–Crippen MR) is 77.4 cm³/mol. The van der Waals surface area contributed by atoms with Gasteiger partial charge in [0.25, 0.3) is 0 Å². The zero-order valence-corrected chi connectivity index (χ0v) is 12.3. The van der Waals surface area contributed by atoms with Gasteiger partial charge in [-0.05, 0) is 37.3 Å². The summed E-state index contributed by atoms with van der Waals surface area (Å²) in [5.74, 6) is -1.55. The number of benzene rings is 1. The fraction of sp³-hybridized carbons (Fsp3) is 0.625. The van der Waals surface area contributed by atoms with E-state index in [1.807, 2.05) is 0 Å². The number of hydrogen-bond acceptors (Lipinski definition) is 2. The van der Waals surface area contributed by atoms with E-state index in [9.17, 15) is 8.78 Å². The summed E-state index contributed by atoms with van der Waals surface area (Å²) in [6.45, 7) is 6.53. The van der Waals surface area contributed by atoms with Crippen LogP contribution in [0.15, 0.2) is 18.2 Å². The summed E-state index contributed by atoms with van der Waals surface area (Å²) in [5, 5.41) is 0. The van der Waals surface area contributed by atoms with Gasteiger partial charge in [-0.25, -0.2) is 8.78 Å². The lowest BCUT2D eigenvalue weighted by molar-refractivity contribution is 0.194. The molecule has 1 fully saturated rings. The van der Waals surface area contributed by atoms with E-state index in [0.717, 1.165) is 38.4 Å². The molecule has 2 rings (SSSR count). The molecule has 0 amide bonds. The van der Waals surface area contributed by atoms with Crippen molar-refractivity contribution in [3.05, 3.63) is 35.4 Å². The highest BCUT2D eigenvalue weighted by molar-refractivity contribution is 5.23. The fourth-order valence-corrected chi connectivity index (χ4v) is 3.31. The van der Waals surface area contributed by atoms with Gasteiger partial charge in [-0.2, -0.15) is 0 Å². The maximum absolute atomic E-state index is 14.0. The van der Waals surface area contributed by atoms with Crippen molar-refractivity contribution in [2.45, 2.75) is 39.2 Å². The molecule has 0 radical (unpaired) electrons. The van der Waals surface area contributed by atoms with E-state index in [1.165, 1.54) is 0 Å². The van der Waals surface area contributed by atoms with E-state index < -0.39 is 11.6 Å². The monoisotopic (exact) mass is 282 g/mol. The molecule has 1 aromatic carbocycles. The molecule has 2 nitrogen and oxygen atoms in total. The molecule has 112 valence electrons. The highest BCUT2D eigenvalue weighted by Crippen LogP contribution is 2.40. The minimum Gasteiger partial charge on any atom is -0.329 e. The van der Waals surface area contributed by atoms with Crippen molar-refractivity contribution in [3.63, 3.8) is 0 Å². The van der Waals surface area contributed by atoms with E-state index in [2.05, 4.69) is 18.7 Å². The summed E-state index contributed by atoms with van der Waals surface area (Å²) >= 11 is 0. The van der Waals surface area contributed by atoms with Crippen LogP contribution in [0.3, 0.4) is 0 Å². The number of halogens is 2. The topological polar surface area (TPSA) is 29.3 Å². The van der Waals surface area contributed by atoms with Crippen LogP contribution in [0, 0.1) is 17.0 Å². The molecule has 1 heterocycles. The minimum absolute atomic E-state index is 0.231. The van der Waals surface area contributed by atoms with Gasteiger partial charge in [-0.15, -0.1) is 0 Å². The third kappa shape index (κ3) is 2.72. The van der Waals surface area contributed by atoms with Crippen molar-refractivity contribution >= 4 is 0 Å². The van der Waals surface area contributed by atoms with Gasteiger partial charge in [0.05, 0.1) is 6.04 Å². The van der Waals surface area contributed by atoms with Gasteiger partial charge in [0.15, 0.2) is 11.6 Å². The molecular weight excluding hydrogens is 258 g/mol. The summed E-state index contributed by atoms with van der Waals surface area (Å²) in [7, 11) is 0. The normalized spacial score (nSPS) is 20.2. The molecule has 1 atom stereocenters. The van der Waals surface area contributed by atoms with E-state index in [4.69, 9.17) is 5.73 Å². The van der Waals surface area contributed by atoms with Gasteiger partial charge in [0, 0.05) is 18.7 Å². The van der Waals surface area contributed by atoms with Crippen LogP contribution in [0.25, 0.3) is 0 Å². The Hall–Kier alpha value is -1.00. The highest BCUT2D eigenvalue weighted by Gasteiger charge is 2.38. The van der Waals surface area contributed by atoms with Gasteiger partial charge < -0.3 is 5.73 Å².